The van der Waals surface area contributed by atoms with Gasteiger partial charge in [-0.25, -0.2) is 0 Å². The second-order valence-corrected chi connectivity index (χ2v) is 5.31. The molecule has 1 aliphatic carbocycles. The van der Waals surface area contributed by atoms with E-state index in [1.165, 1.54) is 36.9 Å². The third kappa shape index (κ3) is 3.01. The van der Waals surface area contributed by atoms with Gasteiger partial charge in [0.1, 0.15) is 0 Å². The Morgan fingerprint density at radius 1 is 1.12 bits per heavy atom. The number of nitrogens with one attached hydrogen (secondary N) is 1. The number of hydrogen-bond donors (Lipinski definition) is 1. The first-order valence-electron chi connectivity index (χ1n) is 6.59. The highest BCUT2D eigenvalue weighted by atomic mass is 14.9. The third-order valence-electron chi connectivity index (χ3n) is 3.65. The Morgan fingerprint density at radius 3 is 2.31 bits per heavy atom. The van der Waals surface area contributed by atoms with E-state index in [4.69, 9.17) is 0 Å². The van der Waals surface area contributed by atoms with Crippen molar-refractivity contribution in [1.29, 1.82) is 0 Å². The van der Waals surface area contributed by atoms with Gasteiger partial charge in [-0.05, 0) is 42.4 Å². The molecule has 0 radical (unpaired) electrons. The van der Waals surface area contributed by atoms with Crippen molar-refractivity contribution in [2.75, 3.05) is 11.9 Å². The molecule has 1 heteroatoms. The largest absolute Gasteiger partial charge is 0.385 e. The van der Waals surface area contributed by atoms with Crippen LogP contribution in [0, 0.1) is 5.92 Å². The summed E-state index contributed by atoms with van der Waals surface area (Å²) in [5.41, 5.74) is 2.70. The van der Waals surface area contributed by atoms with E-state index in [0.29, 0.717) is 5.92 Å². The maximum absolute atomic E-state index is 3.55. The molecule has 1 aromatic rings. The monoisotopic (exact) mass is 217 g/mol. The molecular formula is C15H23N. The Bertz CT molecular complexity index is 307. The summed E-state index contributed by atoms with van der Waals surface area (Å²) in [6.07, 6.45) is 5.69. The Labute approximate surface area is 99.3 Å². The minimum Gasteiger partial charge on any atom is -0.385 e. The Kier molecular flexibility index (Phi) is 3.87. The molecule has 0 spiro atoms. The standard InChI is InChI=1S/C15H23N/c1-12(2)14-7-9-15(10-8-14)16-11-13-5-3-4-6-13/h7-10,12-13,16H,3-6,11H2,1-2H3. The lowest BCUT2D eigenvalue weighted by Crippen LogP contribution is -2.10. The molecule has 1 nitrogen and oxygen atoms in total. The van der Waals surface area contributed by atoms with Gasteiger partial charge in [0.25, 0.3) is 0 Å². The van der Waals surface area contributed by atoms with Gasteiger partial charge in [-0.2, -0.15) is 0 Å². The molecule has 0 heterocycles. The van der Waals surface area contributed by atoms with Gasteiger partial charge in [0.05, 0.1) is 0 Å². The molecule has 1 N–H and O–H groups in total. The van der Waals surface area contributed by atoms with Gasteiger partial charge in [-0.1, -0.05) is 38.8 Å². The molecule has 2 rings (SSSR count). The van der Waals surface area contributed by atoms with Gasteiger partial charge in [0.15, 0.2) is 0 Å². The Morgan fingerprint density at radius 2 is 1.75 bits per heavy atom. The van der Waals surface area contributed by atoms with Crippen molar-refractivity contribution >= 4 is 5.69 Å². The predicted octanol–water partition coefficient (Wildman–Crippen LogP) is 4.41. The molecule has 88 valence electrons. The summed E-state index contributed by atoms with van der Waals surface area (Å²) in [4.78, 5) is 0. The van der Waals surface area contributed by atoms with Crippen molar-refractivity contribution in [1.82, 2.24) is 0 Å². The zero-order valence-corrected chi connectivity index (χ0v) is 10.5. The first-order chi connectivity index (χ1) is 7.75. The lowest BCUT2D eigenvalue weighted by atomic mass is 10.0. The summed E-state index contributed by atoms with van der Waals surface area (Å²) < 4.78 is 0. The first kappa shape index (κ1) is 11.5. The maximum atomic E-state index is 3.55. The summed E-state index contributed by atoms with van der Waals surface area (Å²) in [7, 11) is 0. The van der Waals surface area contributed by atoms with Crippen LogP contribution in [0.3, 0.4) is 0 Å². The minimum absolute atomic E-state index is 0.629. The maximum Gasteiger partial charge on any atom is 0.0340 e. The zero-order valence-electron chi connectivity index (χ0n) is 10.5. The van der Waals surface area contributed by atoms with E-state index in [1.807, 2.05) is 0 Å². The van der Waals surface area contributed by atoms with Crippen LogP contribution < -0.4 is 5.32 Å². The van der Waals surface area contributed by atoms with Crippen molar-refractivity contribution in [2.45, 2.75) is 45.4 Å². The SMILES string of the molecule is CC(C)c1ccc(NCC2CCCC2)cc1. The van der Waals surface area contributed by atoms with Crippen LogP contribution in [0.5, 0.6) is 0 Å². The smallest absolute Gasteiger partial charge is 0.0340 e. The van der Waals surface area contributed by atoms with E-state index in [0.717, 1.165) is 12.5 Å². The van der Waals surface area contributed by atoms with Crippen LogP contribution in [0.15, 0.2) is 24.3 Å². The van der Waals surface area contributed by atoms with E-state index in [-0.39, 0.29) is 0 Å². The van der Waals surface area contributed by atoms with Crippen LogP contribution >= 0.6 is 0 Å². The van der Waals surface area contributed by atoms with Gasteiger partial charge in [0.2, 0.25) is 0 Å². The van der Waals surface area contributed by atoms with Gasteiger partial charge in [-0.15, -0.1) is 0 Å². The third-order valence-corrected chi connectivity index (χ3v) is 3.65. The fraction of sp³-hybridized carbons (Fsp3) is 0.600. The van der Waals surface area contributed by atoms with Crippen molar-refractivity contribution in [3.05, 3.63) is 29.8 Å². The molecule has 0 bridgehead atoms. The molecule has 0 saturated heterocycles. The minimum atomic E-state index is 0.629. The van der Waals surface area contributed by atoms with Crippen molar-refractivity contribution in [2.24, 2.45) is 5.92 Å². The van der Waals surface area contributed by atoms with Gasteiger partial charge < -0.3 is 5.32 Å². The zero-order chi connectivity index (χ0) is 11.4. The van der Waals surface area contributed by atoms with E-state index >= 15 is 0 Å². The van der Waals surface area contributed by atoms with Crippen molar-refractivity contribution in [3.63, 3.8) is 0 Å². The molecule has 1 aromatic carbocycles. The lowest BCUT2D eigenvalue weighted by Gasteiger charge is -2.12. The molecule has 1 saturated carbocycles. The van der Waals surface area contributed by atoms with E-state index in [1.54, 1.807) is 0 Å². The summed E-state index contributed by atoms with van der Waals surface area (Å²) >= 11 is 0. The molecule has 0 aromatic heterocycles. The van der Waals surface area contributed by atoms with Crippen LogP contribution in [0.1, 0.15) is 51.0 Å². The summed E-state index contributed by atoms with van der Waals surface area (Å²) in [5, 5.41) is 3.55. The predicted molar refractivity (Wildman–Crippen MR) is 71.0 cm³/mol. The van der Waals surface area contributed by atoms with Crippen LogP contribution in [-0.2, 0) is 0 Å². The van der Waals surface area contributed by atoms with E-state index < -0.39 is 0 Å². The molecule has 0 amide bonds. The quantitative estimate of drug-likeness (QED) is 0.787. The first-order valence-corrected chi connectivity index (χ1v) is 6.59. The molecule has 0 aliphatic heterocycles. The highest BCUT2D eigenvalue weighted by Crippen LogP contribution is 2.25. The summed E-state index contributed by atoms with van der Waals surface area (Å²) in [5.74, 6) is 1.54. The number of hydrogen-bond acceptors (Lipinski definition) is 1. The average molecular weight is 217 g/mol. The summed E-state index contributed by atoms with van der Waals surface area (Å²) in [6.45, 7) is 5.63. The number of rotatable bonds is 4. The van der Waals surface area contributed by atoms with Crippen LogP contribution in [0.2, 0.25) is 0 Å². The normalized spacial score (nSPS) is 16.9. The average Bonchev–Trinajstić information content (AvgIpc) is 2.80. The number of anilines is 1. The molecule has 1 aliphatic rings. The second kappa shape index (κ2) is 5.38. The molecule has 0 atom stereocenters. The summed E-state index contributed by atoms with van der Waals surface area (Å²) in [6, 6.07) is 8.90. The fourth-order valence-electron chi connectivity index (χ4n) is 2.46. The van der Waals surface area contributed by atoms with Crippen LogP contribution in [0.4, 0.5) is 5.69 Å². The highest BCUT2D eigenvalue weighted by Gasteiger charge is 2.14. The molecule has 0 unspecified atom stereocenters. The van der Waals surface area contributed by atoms with E-state index in [9.17, 15) is 0 Å². The lowest BCUT2D eigenvalue weighted by molar-refractivity contribution is 0.580. The van der Waals surface area contributed by atoms with Crippen molar-refractivity contribution in [3.8, 4) is 0 Å². The highest BCUT2D eigenvalue weighted by molar-refractivity contribution is 5.45. The van der Waals surface area contributed by atoms with Gasteiger partial charge in [0, 0.05) is 12.2 Å². The van der Waals surface area contributed by atoms with Crippen molar-refractivity contribution < 1.29 is 0 Å². The second-order valence-electron chi connectivity index (χ2n) is 5.31. The number of benzene rings is 1. The van der Waals surface area contributed by atoms with E-state index in [2.05, 4.69) is 43.4 Å². The van der Waals surface area contributed by atoms with Crippen LogP contribution in [-0.4, -0.2) is 6.54 Å². The van der Waals surface area contributed by atoms with Gasteiger partial charge in [-0.3, -0.25) is 0 Å². The van der Waals surface area contributed by atoms with Crippen LogP contribution in [0.25, 0.3) is 0 Å². The molecule has 16 heavy (non-hydrogen) atoms. The fourth-order valence-corrected chi connectivity index (χ4v) is 2.46. The molecular weight excluding hydrogens is 194 g/mol. The topological polar surface area (TPSA) is 12.0 Å². The Hall–Kier alpha value is -0.980. The Balaban J connectivity index is 1.84. The molecule has 1 fully saturated rings. The van der Waals surface area contributed by atoms with Gasteiger partial charge >= 0.3 is 0 Å².